The molecule has 8 heteroatoms. The first-order valence-electron chi connectivity index (χ1n) is 9.67. The molecule has 0 radical (unpaired) electrons. The van der Waals surface area contributed by atoms with Gasteiger partial charge in [0.15, 0.2) is 0 Å². The third kappa shape index (κ3) is 3.80. The molecule has 0 fully saturated rings. The van der Waals surface area contributed by atoms with Gasteiger partial charge in [-0.15, -0.1) is 0 Å². The number of carboxylic acids is 1. The van der Waals surface area contributed by atoms with Crippen LogP contribution in [0.5, 0.6) is 0 Å². The van der Waals surface area contributed by atoms with Gasteiger partial charge in [0.1, 0.15) is 0 Å². The van der Waals surface area contributed by atoms with Gasteiger partial charge in [0.05, 0.1) is 28.8 Å². The summed E-state index contributed by atoms with van der Waals surface area (Å²) in [7, 11) is 0. The largest absolute Gasteiger partial charge is 0.545 e. The van der Waals surface area contributed by atoms with Gasteiger partial charge in [-0.05, 0) is 48.9 Å². The first-order chi connectivity index (χ1) is 15.3. The summed E-state index contributed by atoms with van der Waals surface area (Å²) in [5.41, 5.74) is 1.13. The SMILES string of the molecule is C[C@@H](c1ccccc1)N1C(=O)c2ccc(C(=O)Nc3ccc(Br)cc3C(=O)[O-])cc2C1=O. The van der Waals surface area contributed by atoms with Crippen molar-refractivity contribution in [3.8, 4) is 0 Å². The molecular weight excluding hydrogens is 476 g/mol. The number of carbonyl (C=O) groups excluding carboxylic acids is 4. The summed E-state index contributed by atoms with van der Waals surface area (Å²) >= 11 is 3.18. The van der Waals surface area contributed by atoms with E-state index in [1.54, 1.807) is 13.0 Å². The lowest BCUT2D eigenvalue weighted by molar-refractivity contribution is -0.254. The highest BCUT2D eigenvalue weighted by atomic mass is 79.9. The Bertz CT molecular complexity index is 1270. The number of nitrogens with one attached hydrogen (secondary N) is 1. The van der Waals surface area contributed by atoms with E-state index in [4.69, 9.17) is 0 Å². The van der Waals surface area contributed by atoms with Gasteiger partial charge < -0.3 is 15.2 Å². The lowest BCUT2D eigenvalue weighted by atomic mass is 10.0. The fourth-order valence-electron chi connectivity index (χ4n) is 3.62. The predicted molar refractivity (Wildman–Crippen MR) is 118 cm³/mol. The molecule has 0 unspecified atom stereocenters. The van der Waals surface area contributed by atoms with Crippen LogP contribution < -0.4 is 10.4 Å². The van der Waals surface area contributed by atoms with Crippen LogP contribution in [0.1, 0.15) is 60.0 Å². The lowest BCUT2D eigenvalue weighted by Crippen LogP contribution is -2.32. The molecule has 7 nitrogen and oxygen atoms in total. The van der Waals surface area contributed by atoms with Crippen LogP contribution in [0.25, 0.3) is 0 Å². The molecule has 0 aromatic heterocycles. The minimum Gasteiger partial charge on any atom is -0.545 e. The van der Waals surface area contributed by atoms with E-state index in [1.807, 2.05) is 30.3 Å². The van der Waals surface area contributed by atoms with Gasteiger partial charge in [-0.2, -0.15) is 0 Å². The highest BCUT2D eigenvalue weighted by Gasteiger charge is 2.39. The summed E-state index contributed by atoms with van der Waals surface area (Å²) in [5.74, 6) is -2.98. The quantitative estimate of drug-likeness (QED) is 0.550. The van der Waals surface area contributed by atoms with Crippen LogP contribution in [0.3, 0.4) is 0 Å². The molecule has 1 N–H and O–H groups in total. The van der Waals surface area contributed by atoms with E-state index in [0.29, 0.717) is 4.47 Å². The maximum absolute atomic E-state index is 13.0. The van der Waals surface area contributed by atoms with E-state index in [0.717, 1.165) is 5.56 Å². The normalized spacial score (nSPS) is 13.6. The average Bonchev–Trinajstić information content (AvgIpc) is 3.04. The first kappa shape index (κ1) is 21.5. The fraction of sp³-hybridized carbons (Fsp3) is 0.0833. The summed E-state index contributed by atoms with van der Waals surface area (Å²) in [6.07, 6.45) is 0. The third-order valence-electron chi connectivity index (χ3n) is 5.30. The lowest BCUT2D eigenvalue weighted by Gasteiger charge is -2.22. The minimum atomic E-state index is -1.44. The van der Waals surface area contributed by atoms with Crippen molar-refractivity contribution in [1.29, 1.82) is 0 Å². The minimum absolute atomic E-state index is 0.0560. The maximum atomic E-state index is 13.0. The molecule has 1 heterocycles. The van der Waals surface area contributed by atoms with Crippen LogP contribution in [0, 0.1) is 0 Å². The highest BCUT2D eigenvalue weighted by Crippen LogP contribution is 2.32. The van der Waals surface area contributed by atoms with Crippen molar-refractivity contribution < 1.29 is 24.3 Å². The smallest absolute Gasteiger partial charge is 0.262 e. The number of imide groups is 1. The molecule has 1 aliphatic rings. The molecule has 160 valence electrons. The summed E-state index contributed by atoms with van der Waals surface area (Å²) in [6.45, 7) is 1.76. The van der Waals surface area contributed by atoms with Crippen molar-refractivity contribution in [2.24, 2.45) is 0 Å². The topological polar surface area (TPSA) is 107 Å². The van der Waals surface area contributed by atoms with Crippen molar-refractivity contribution >= 4 is 45.3 Å². The van der Waals surface area contributed by atoms with Gasteiger partial charge in [0, 0.05) is 15.6 Å². The van der Waals surface area contributed by atoms with Crippen LogP contribution in [0.4, 0.5) is 5.69 Å². The van der Waals surface area contributed by atoms with Crippen molar-refractivity contribution in [2.45, 2.75) is 13.0 Å². The Hall–Kier alpha value is -3.78. The molecule has 1 aliphatic heterocycles. The fourth-order valence-corrected chi connectivity index (χ4v) is 3.98. The second kappa shape index (κ2) is 8.39. The highest BCUT2D eigenvalue weighted by molar-refractivity contribution is 9.10. The summed E-state index contributed by atoms with van der Waals surface area (Å²) in [4.78, 5) is 51.2. The zero-order valence-corrected chi connectivity index (χ0v) is 18.4. The van der Waals surface area contributed by atoms with E-state index in [9.17, 15) is 24.3 Å². The molecule has 32 heavy (non-hydrogen) atoms. The van der Waals surface area contributed by atoms with Crippen molar-refractivity contribution in [3.63, 3.8) is 0 Å². The number of hydrogen-bond acceptors (Lipinski definition) is 5. The van der Waals surface area contributed by atoms with Crippen LogP contribution >= 0.6 is 15.9 Å². The first-order valence-corrected chi connectivity index (χ1v) is 10.5. The van der Waals surface area contributed by atoms with Crippen LogP contribution in [0.15, 0.2) is 71.2 Å². The second-order valence-corrected chi connectivity index (χ2v) is 8.17. The van der Waals surface area contributed by atoms with E-state index >= 15 is 0 Å². The van der Waals surface area contributed by atoms with Gasteiger partial charge >= 0.3 is 0 Å². The Morgan fingerprint density at radius 2 is 1.62 bits per heavy atom. The number of hydrogen-bond donors (Lipinski definition) is 1. The zero-order valence-electron chi connectivity index (χ0n) is 16.8. The van der Waals surface area contributed by atoms with Crippen molar-refractivity contribution in [2.75, 3.05) is 5.32 Å². The Kier molecular flexibility index (Phi) is 5.63. The monoisotopic (exact) mass is 491 g/mol. The van der Waals surface area contributed by atoms with Crippen molar-refractivity contribution in [1.82, 2.24) is 4.90 Å². The average molecular weight is 492 g/mol. The van der Waals surface area contributed by atoms with E-state index < -0.39 is 29.7 Å². The molecule has 3 aromatic rings. The number of amides is 3. The molecule has 0 saturated heterocycles. The van der Waals surface area contributed by atoms with E-state index in [-0.39, 0.29) is 27.9 Å². The summed E-state index contributed by atoms with van der Waals surface area (Å²) < 4.78 is 0.518. The third-order valence-corrected chi connectivity index (χ3v) is 5.79. The van der Waals surface area contributed by atoms with Gasteiger partial charge in [-0.1, -0.05) is 46.3 Å². The predicted octanol–water partition coefficient (Wildman–Crippen LogP) is 3.42. The number of carbonyl (C=O) groups is 4. The summed E-state index contributed by atoms with van der Waals surface area (Å²) in [5, 5.41) is 13.9. The number of anilines is 1. The Morgan fingerprint density at radius 1 is 0.938 bits per heavy atom. The maximum Gasteiger partial charge on any atom is 0.262 e. The van der Waals surface area contributed by atoms with Crippen molar-refractivity contribution in [3.05, 3.63) is 99.0 Å². The molecule has 0 aliphatic carbocycles. The number of nitrogens with zero attached hydrogens (tertiary/aromatic N) is 1. The summed E-state index contributed by atoms with van der Waals surface area (Å²) in [6, 6.07) is 17.2. The molecule has 1 atom stereocenters. The molecule has 0 spiro atoms. The van der Waals surface area contributed by atoms with Crippen LogP contribution in [-0.4, -0.2) is 28.6 Å². The number of aromatic carboxylic acids is 1. The van der Waals surface area contributed by atoms with Crippen LogP contribution in [0.2, 0.25) is 0 Å². The van der Waals surface area contributed by atoms with E-state index in [1.165, 1.54) is 35.2 Å². The van der Waals surface area contributed by atoms with E-state index in [2.05, 4.69) is 21.2 Å². The Balaban J connectivity index is 1.62. The Labute approximate surface area is 191 Å². The molecule has 4 rings (SSSR count). The second-order valence-electron chi connectivity index (χ2n) is 7.26. The van der Waals surface area contributed by atoms with Gasteiger partial charge in [0.25, 0.3) is 17.7 Å². The molecule has 3 amide bonds. The van der Waals surface area contributed by atoms with Gasteiger partial charge in [-0.3, -0.25) is 19.3 Å². The molecule has 0 bridgehead atoms. The van der Waals surface area contributed by atoms with Crippen LogP contribution in [-0.2, 0) is 0 Å². The Morgan fingerprint density at radius 3 is 2.31 bits per heavy atom. The number of fused-ring (bicyclic) bond motifs is 1. The number of halogens is 1. The molecular formula is C24H16BrN2O5-. The van der Waals surface area contributed by atoms with Gasteiger partial charge in [-0.25, -0.2) is 0 Å². The zero-order chi connectivity index (χ0) is 23.0. The number of rotatable bonds is 5. The molecule has 0 saturated carbocycles. The standard InChI is InChI=1S/C24H17BrN2O5/c1-13(14-5-3-2-4-6-14)27-22(29)17-9-7-15(11-18(17)23(27)30)21(28)26-20-10-8-16(25)12-19(20)24(31)32/h2-13H,1H3,(H,26,28)(H,31,32)/p-1/t13-/m0/s1. The molecule has 3 aromatic carbocycles. The van der Waals surface area contributed by atoms with Gasteiger partial charge in [0.2, 0.25) is 0 Å². The number of carboxylic acid groups (broad SMARTS) is 1. The number of benzene rings is 3.